The van der Waals surface area contributed by atoms with Gasteiger partial charge in [0.05, 0.1) is 23.7 Å². The number of nitrogens with two attached hydrogens (primary N) is 1. The van der Waals surface area contributed by atoms with Crippen molar-refractivity contribution in [2.45, 2.75) is 18.6 Å². The van der Waals surface area contributed by atoms with Crippen molar-refractivity contribution in [2.24, 2.45) is 0 Å². The van der Waals surface area contributed by atoms with E-state index in [0.717, 1.165) is 6.42 Å². The number of nitrogens with zero attached hydrogens (tertiary/aromatic N) is 4. The normalized spacial score (nSPS) is 21.8. The van der Waals surface area contributed by atoms with Crippen LogP contribution in [-0.4, -0.2) is 46.1 Å². The first-order chi connectivity index (χ1) is 10.2. The van der Waals surface area contributed by atoms with Crippen molar-refractivity contribution >= 4 is 17.3 Å². The lowest BCUT2D eigenvalue weighted by Crippen LogP contribution is -2.37. The van der Waals surface area contributed by atoms with E-state index >= 15 is 0 Å². The van der Waals surface area contributed by atoms with Gasteiger partial charge in [0, 0.05) is 25.8 Å². The molecule has 21 heavy (non-hydrogen) atoms. The fraction of sp³-hybridized carbons (Fsp3) is 0.462. The highest BCUT2D eigenvalue weighted by Gasteiger charge is 2.37. The Morgan fingerprint density at radius 1 is 1.52 bits per heavy atom. The van der Waals surface area contributed by atoms with Gasteiger partial charge in [0.1, 0.15) is 5.60 Å². The number of hydrogen-bond donors (Lipinski definition) is 1. The maximum absolute atomic E-state index is 6.23. The highest BCUT2D eigenvalue weighted by Crippen LogP contribution is 2.33. The molecule has 8 heteroatoms. The van der Waals surface area contributed by atoms with Gasteiger partial charge in [-0.05, 0) is 22.6 Å². The van der Waals surface area contributed by atoms with Crippen LogP contribution in [0.2, 0.25) is 5.02 Å². The summed E-state index contributed by atoms with van der Waals surface area (Å²) in [6.07, 6.45) is 0.792. The zero-order valence-corrected chi connectivity index (χ0v) is 12.4. The summed E-state index contributed by atoms with van der Waals surface area (Å²) in [6, 6.07) is 5.32. The molecule has 0 amide bonds. The Hall–Kier alpha value is -1.70. The first kappa shape index (κ1) is 14.2. The lowest BCUT2D eigenvalue weighted by atomic mass is 10.0. The molecule has 1 unspecified atom stereocenters. The van der Waals surface area contributed by atoms with Gasteiger partial charge in [-0.3, -0.25) is 0 Å². The zero-order chi connectivity index (χ0) is 14.9. The van der Waals surface area contributed by atoms with Crippen LogP contribution in [0.4, 0.5) is 5.69 Å². The van der Waals surface area contributed by atoms with E-state index in [-0.39, 0.29) is 0 Å². The molecule has 1 atom stereocenters. The van der Waals surface area contributed by atoms with Crippen LogP contribution >= 0.6 is 11.6 Å². The first-order valence-electron chi connectivity index (χ1n) is 6.59. The molecule has 2 aromatic rings. The van der Waals surface area contributed by atoms with Crippen molar-refractivity contribution in [1.29, 1.82) is 0 Å². The third-order valence-corrected chi connectivity index (χ3v) is 4.05. The number of ether oxygens (including phenoxy) is 2. The summed E-state index contributed by atoms with van der Waals surface area (Å²) in [5.41, 5.74) is 6.76. The second-order valence-corrected chi connectivity index (χ2v) is 5.46. The Morgan fingerprint density at radius 2 is 2.38 bits per heavy atom. The first-order valence-corrected chi connectivity index (χ1v) is 6.96. The second-order valence-electron chi connectivity index (χ2n) is 5.05. The highest BCUT2D eigenvalue weighted by atomic mass is 35.5. The van der Waals surface area contributed by atoms with Crippen molar-refractivity contribution in [1.82, 2.24) is 20.2 Å². The van der Waals surface area contributed by atoms with E-state index in [9.17, 15) is 0 Å². The van der Waals surface area contributed by atoms with E-state index in [1.165, 1.54) is 0 Å². The number of benzene rings is 1. The third kappa shape index (κ3) is 2.59. The number of methoxy groups -OCH3 is 1. The molecule has 1 saturated heterocycles. The molecule has 3 rings (SSSR count). The summed E-state index contributed by atoms with van der Waals surface area (Å²) in [4.78, 5) is 0. The van der Waals surface area contributed by atoms with Crippen molar-refractivity contribution in [3.8, 4) is 11.4 Å². The lowest BCUT2D eigenvalue weighted by molar-refractivity contribution is -0.0317. The van der Waals surface area contributed by atoms with Gasteiger partial charge >= 0.3 is 0 Å². The molecule has 2 N–H and O–H groups in total. The predicted molar refractivity (Wildman–Crippen MR) is 77.9 cm³/mol. The topological polar surface area (TPSA) is 88.1 Å². The number of aromatic nitrogens is 4. The van der Waals surface area contributed by atoms with Gasteiger partial charge in [-0.25, -0.2) is 4.68 Å². The number of anilines is 1. The molecule has 2 heterocycles. The molecule has 1 aliphatic heterocycles. The van der Waals surface area contributed by atoms with Crippen molar-refractivity contribution < 1.29 is 9.47 Å². The molecular formula is C13H16ClN5O2. The molecule has 7 nitrogen and oxygen atoms in total. The van der Waals surface area contributed by atoms with Gasteiger partial charge in [-0.15, -0.1) is 5.10 Å². The van der Waals surface area contributed by atoms with Gasteiger partial charge < -0.3 is 15.2 Å². The van der Waals surface area contributed by atoms with E-state index < -0.39 is 5.60 Å². The van der Waals surface area contributed by atoms with Gasteiger partial charge in [0.25, 0.3) is 0 Å². The van der Waals surface area contributed by atoms with Crippen LogP contribution in [0, 0.1) is 0 Å². The molecule has 0 radical (unpaired) electrons. The molecule has 0 bridgehead atoms. The molecular weight excluding hydrogens is 294 g/mol. The van der Waals surface area contributed by atoms with Crippen LogP contribution in [0.1, 0.15) is 6.42 Å². The van der Waals surface area contributed by atoms with Crippen molar-refractivity contribution in [3.05, 3.63) is 23.2 Å². The molecule has 1 aromatic heterocycles. The average Bonchev–Trinajstić information content (AvgIpc) is 3.10. The molecule has 1 aromatic carbocycles. The summed E-state index contributed by atoms with van der Waals surface area (Å²) in [5.74, 6) is 0.529. The van der Waals surface area contributed by atoms with Gasteiger partial charge in [-0.1, -0.05) is 17.7 Å². The van der Waals surface area contributed by atoms with Crippen LogP contribution in [-0.2, 0) is 16.0 Å². The van der Waals surface area contributed by atoms with Crippen molar-refractivity contribution in [3.63, 3.8) is 0 Å². The summed E-state index contributed by atoms with van der Waals surface area (Å²) < 4.78 is 12.7. The van der Waals surface area contributed by atoms with Crippen LogP contribution in [0.3, 0.4) is 0 Å². The van der Waals surface area contributed by atoms with E-state index in [1.807, 2.05) is 0 Å². The Morgan fingerprint density at radius 3 is 3.05 bits per heavy atom. The summed E-state index contributed by atoms with van der Waals surface area (Å²) in [5, 5.41) is 12.3. The smallest absolute Gasteiger partial charge is 0.185 e. The van der Waals surface area contributed by atoms with Gasteiger partial charge in [0.2, 0.25) is 0 Å². The Kier molecular flexibility index (Phi) is 3.79. The fourth-order valence-electron chi connectivity index (χ4n) is 2.48. The van der Waals surface area contributed by atoms with E-state index in [1.54, 1.807) is 30.0 Å². The average molecular weight is 310 g/mol. The maximum atomic E-state index is 6.23. The zero-order valence-electron chi connectivity index (χ0n) is 11.6. The molecule has 1 aliphatic rings. The third-order valence-electron chi connectivity index (χ3n) is 3.74. The number of nitrogen functional groups attached to an aromatic ring is 1. The van der Waals surface area contributed by atoms with Crippen LogP contribution < -0.4 is 5.73 Å². The summed E-state index contributed by atoms with van der Waals surface area (Å²) >= 11 is 6.23. The Labute approximate surface area is 127 Å². The quantitative estimate of drug-likeness (QED) is 0.858. The predicted octanol–water partition coefficient (Wildman–Crippen LogP) is 1.38. The SMILES string of the molecule is COC1(Cn2nnnc2-c2c(N)cccc2Cl)CCOC1. The highest BCUT2D eigenvalue weighted by molar-refractivity contribution is 6.33. The summed E-state index contributed by atoms with van der Waals surface area (Å²) in [6.45, 7) is 1.66. The minimum absolute atomic E-state index is 0.417. The summed E-state index contributed by atoms with van der Waals surface area (Å²) in [7, 11) is 1.67. The van der Waals surface area contributed by atoms with Crippen LogP contribution in [0.25, 0.3) is 11.4 Å². The standard InChI is InChI=1S/C13H16ClN5O2/c1-20-13(5-6-21-8-13)7-19-12(16-17-18-19)11-9(14)3-2-4-10(11)15/h2-4H,5-8,15H2,1H3. The molecule has 0 aliphatic carbocycles. The van der Waals surface area contributed by atoms with E-state index in [0.29, 0.717) is 41.9 Å². The van der Waals surface area contributed by atoms with E-state index in [4.69, 9.17) is 26.8 Å². The van der Waals surface area contributed by atoms with Crippen molar-refractivity contribution in [2.75, 3.05) is 26.1 Å². The molecule has 1 fully saturated rings. The number of halogens is 1. The van der Waals surface area contributed by atoms with Crippen LogP contribution in [0.5, 0.6) is 0 Å². The minimum atomic E-state index is -0.417. The number of hydrogen-bond acceptors (Lipinski definition) is 6. The second kappa shape index (κ2) is 5.59. The molecule has 0 saturated carbocycles. The van der Waals surface area contributed by atoms with Gasteiger partial charge in [0.15, 0.2) is 5.82 Å². The van der Waals surface area contributed by atoms with Gasteiger partial charge in [-0.2, -0.15) is 0 Å². The van der Waals surface area contributed by atoms with Crippen LogP contribution in [0.15, 0.2) is 18.2 Å². The minimum Gasteiger partial charge on any atom is -0.398 e. The Balaban J connectivity index is 1.98. The number of rotatable bonds is 4. The monoisotopic (exact) mass is 309 g/mol. The molecule has 112 valence electrons. The fourth-order valence-corrected chi connectivity index (χ4v) is 2.74. The lowest BCUT2D eigenvalue weighted by Gasteiger charge is -2.25. The molecule has 0 spiro atoms. The Bertz CT molecular complexity index is 619. The number of tetrazole rings is 1. The van der Waals surface area contributed by atoms with E-state index in [2.05, 4.69) is 15.5 Å². The largest absolute Gasteiger partial charge is 0.398 e. The maximum Gasteiger partial charge on any atom is 0.185 e.